The molecule has 0 aliphatic heterocycles. The molecule has 0 saturated carbocycles. The number of nitrogens with zero attached hydrogens (tertiary/aromatic N) is 3. The van der Waals surface area contributed by atoms with Crippen LogP contribution in [0.4, 0.5) is 5.69 Å². The third-order valence-corrected chi connectivity index (χ3v) is 5.53. The minimum atomic E-state index is -4.06. The number of nitrogens with one attached hydrogen (secondary N) is 1. The summed E-state index contributed by atoms with van der Waals surface area (Å²) in [5.74, 6) is 0.951. The second-order valence-corrected chi connectivity index (χ2v) is 7.69. The molecule has 0 spiro atoms. The van der Waals surface area contributed by atoms with E-state index in [-0.39, 0.29) is 19.0 Å². The lowest BCUT2D eigenvalue weighted by Crippen LogP contribution is -2.28. The van der Waals surface area contributed by atoms with Crippen molar-refractivity contribution in [3.05, 3.63) is 70.8 Å². The van der Waals surface area contributed by atoms with Crippen molar-refractivity contribution in [2.75, 3.05) is 20.3 Å². The Morgan fingerprint density at radius 1 is 1.03 bits per heavy atom. The highest BCUT2D eigenvalue weighted by atomic mass is 32.2. The van der Waals surface area contributed by atoms with E-state index in [1.54, 1.807) is 19.2 Å². The van der Waals surface area contributed by atoms with Gasteiger partial charge in [0.05, 0.1) is 17.7 Å². The largest absolute Gasteiger partial charge is 0.497 e. The molecular weight excluding hydrogens is 412 g/mol. The monoisotopic (exact) mass is 430 g/mol. The standard InChI is InChI=1S/C19H18N4O6S/c1-28-15-8-6-14(7-9-15)16-10-11-19(22-21-16)29-13-12-20-30(26,27)18-5-3-2-4-17(18)23(24)25/h2-11,20H,12-13H2,1H3. The maximum atomic E-state index is 12.3. The van der Waals surface area contributed by atoms with Gasteiger partial charge in [-0.1, -0.05) is 12.1 Å². The number of para-hydroxylation sites is 1. The Bertz CT molecular complexity index is 1120. The molecule has 3 rings (SSSR count). The summed E-state index contributed by atoms with van der Waals surface area (Å²) in [6.45, 7) is -0.132. The Morgan fingerprint density at radius 3 is 2.40 bits per heavy atom. The number of rotatable bonds is 9. The molecule has 0 radical (unpaired) electrons. The molecular formula is C19H18N4O6S. The summed E-state index contributed by atoms with van der Waals surface area (Å²) in [5, 5.41) is 19.1. The summed E-state index contributed by atoms with van der Waals surface area (Å²) >= 11 is 0. The van der Waals surface area contributed by atoms with Crippen LogP contribution in [-0.4, -0.2) is 43.8 Å². The van der Waals surface area contributed by atoms with Crippen molar-refractivity contribution in [3.8, 4) is 22.9 Å². The molecule has 11 heteroatoms. The van der Waals surface area contributed by atoms with Gasteiger partial charge in [0.15, 0.2) is 4.90 Å². The minimum Gasteiger partial charge on any atom is -0.497 e. The van der Waals surface area contributed by atoms with Crippen LogP contribution in [0.5, 0.6) is 11.6 Å². The lowest BCUT2D eigenvalue weighted by atomic mass is 10.1. The number of nitro benzene ring substituents is 1. The van der Waals surface area contributed by atoms with Gasteiger partial charge in [-0.15, -0.1) is 10.2 Å². The van der Waals surface area contributed by atoms with Gasteiger partial charge in [-0.05, 0) is 36.4 Å². The topological polar surface area (TPSA) is 134 Å². The Labute approximate surface area is 172 Å². The van der Waals surface area contributed by atoms with Gasteiger partial charge < -0.3 is 9.47 Å². The predicted octanol–water partition coefficient (Wildman–Crippen LogP) is 2.42. The Balaban J connectivity index is 1.56. The highest BCUT2D eigenvalue weighted by molar-refractivity contribution is 7.89. The number of sulfonamides is 1. The lowest BCUT2D eigenvalue weighted by Gasteiger charge is -2.08. The zero-order chi connectivity index (χ0) is 21.6. The molecule has 1 heterocycles. The smallest absolute Gasteiger partial charge is 0.289 e. The Morgan fingerprint density at radius 2 is 1.77 bits per heavy atom. The van der Waals surface area contributed by atoms with Crippen LogP contribution in [0.3, 0.4) is 0 Å². The number of nitro groups is 1. The summed E-state index contributed by atoms with van der Waals surface area (Å²) in [5.41, 5.74) is 1.00. The van der Waals surface area contributed by atoms with Crippen molar-refractivity contribution in [1.82, 2.24) is 14.9 Å². The number of methoxy groups -OCH3 is 1. The third kappa shape index (κ3) is 5.07. The molecule has 0 atom stereocenters. The number of hydrogen-bond donors (Lipinski definition) is 1. The van der Waals surface area contributed by atoms with Gasteiger partial charge in [0, 0.05) is 24.2 Å². The molecule has 0 saturated heterocycles. The third-order valence-electron chi connectivity index (χ3n) is 4.02. The fourth-order valence-electron chi connectivity index (χ4n) is 2.56. The molecule has 156 valence electrons. The van der Waals surface area contributed by atoms with Crippen molar-refractivity contribution in [3.63, 3.8) is 0 Å². The Kier molecular flexibility index (Phi) is 6.54. The SMILES string of the molecule is COc1ccc(-c2ccc(OCCNS(=O)(=O)c3ccccc3[N+](=O)[O-])nn2)cc1. The van der Waals surface area contributed by atoms with Gasteiger partial charge in [-0.2, -0.15) is 0 Å². The number of aromatic nitrogens is 2. The van der Waals surface area contributed by atoms with Crippen LogP contribution >= 0.6 is 0 Å². The maximum absolute atomic E-state index is 12.3. The average Bonchev–Trinajstić information content (AvgIpc) is 2.77. The van der Waals surface area contributed by atoms with E-state index < -0.39 is 25.5 Å². The van der Waals surface area contributed by atoms with E-state index in [4.69, 9.17) is 9.47 Å². The minimum absolute atomic E-state index is 0.0313. The first kappa shape index (κ1) is 21.1. The van der Waals surface area contributed by atoms with Crippen LogP contribution in [0.15, 0.2) is 65.6 Å². The fraction of sp³-hybridized carbons (Fsp3) is 0.158. The number of ether oxygens (including phenoxy) is 2. The van der Waals surface area contributed by atoms with Gasteiger partial charge in [-0.25, -0.2) is 13.1 Å². The molecule has 0 unspecified atom stereocenters. The number of hydrogen-bond acceptors (Lipinski definition) is 8. The van der Waals surface area contributed by atoms with Crippen molar-refractivity contribution in [1.29, 1.82) is 0 Å². The van der Waals surface area contributed by atoms with Crippen molar-refractivity contribution in [2.45, 2.75) is 4.90 Å². The van der Waals surface area contributed by atoms with Crippen LogP contribution < -0.4 is 14.2 Å². The highest BCUT2D eigenvalue weighted by Crippen LogP contribution is 2.23. The lowest BCUT2D eigenvalue weighted by molar-refractivity contribution is -0.387. The van der Waals surface area contributed by atoms with E-state index in [9.17, 15) is 18.5 Å². The molecule has 2 aromatic carbocycles. The maximum Gasteiger partial charge on any atom is 0.289 e. The van der Waals surface area contributed by atoms with E-state index in [1.807, 2.05) is 24.3 Å². The van der Waals surface area contributed by atoms with Crippen molar-refractivity contribution >= 4 is 15.7 Å². The van der Waals surface area contributed by atoms with Gasteiger partial charge in [0.2, 0.25) is 15.9 Å². The molecule has 0 bridgehead atoms. The van der Waals surface area contributed by atoms with Gasteiger partial charge in [0.1, 0.15) is 12.4 Å². The first-order valence-corrected chi connectivity index (χ1v) is 10.2. The second kappa shape index (κ2) is 9.29. The molecule has 10 nitrogen and oxygen atoms in total. The average molecular weight is 430 g/mol. The molecule has 1 aromatic heterocycles. The van der Waals surface area contributed by atoms with Crippen molar-refractivity contribution < 1.29 is 22.8 Å². The van der Waals surface area contributed by atoms with Crippen LogP contribution in [0.2, 0.25) is 0 Å². The molecule has 0 aliphatic rings. The van der Waals surface area contributed by atoms with E-state index in [0.29, 0.717) is 5.69 Å². The van der Waals surface area contributed by atoms with Gasteiger partial charge in [-0.3, -0.25) is 10.1 Å². The van der Waals surface area contributed by atoms with E-state index in [1.165, 1.54) is 18.2 Å². The first-order valence-electron chi connectivity index (χ1n) is 8.75. The second-order valence-electron chi connectivity index (χ2n) is 5.96. The molecule has 0 aliphatic carbocycles. The summed E-state index contributed by atoms with van der Waals surface area (Å²) in [7, 11) is -2.47. The fourth-order valence-corrected chi connectivity index (χ4v) is 3.74. The summed E-state index contributed by atoms with van der Waals surface area (Å²) in [4.78, 5) is 9.86. The van der Waals surface area contributed by atoms with Crippen LogP contribution in [0, 0.1) is 10.1 Å². The molecule has 0 fully saturated rings. The van der Waals surface area contributed by atoms with Crippen molar-refractivity contribution in [2.24, 2.45) is 0 Å². The summed E-state index contributed by atoms with van der Waals surface area (Å²) in [6.07, 6.45) is 0. The normalized spacial score (nSPS) is 11.1. The van der Waals surface area contributed by atoms with Crippen LogP contribution in [0.25, 0.3) is 11.3 Å². The van der Waals surface area contributed by atoms with Gasteiger partial charge in [0.25, 0.3) is 5.69 Å². The molecule has 30 heavy (non-hydrogen) atoms. The van der Waals surface area contributed by atoms with E-state index >= 15 is 0 Å². The summed E-state index contributed by atoms with van der Waals surface area (Å²) < 4.78 is 37.4. The van der Waals surface area contributed by atoms with E-state index in [0.717, 1.165) is 17.4 Å². The predicted molar refractivity (Wildman–Crippen MR) is 108 cm³/mol. The quantitative estimate of drug-likeness (QED) is 0.311. The zero-order valence-electron chi connectivity index (χ0n) is 15.9. The van der Waals surface area contributed by atoms with E-state index in [2.05, 4.69) is 14.9 Å². The summed E-state index contributed by atoms with van der Waals surface area (Å²) in [6, 6.07) is 15.8. The molecule has 1 N–H and O–H groups in total. The number of benzene rings is 2. The van der Waals surface area contributed by atoms with Crippen LogP contribution in [-0.2, 0) is 10.0 Å². The molecule has 3 aromatic rings. The zero-order valence-corrected chi connectivity index (χ0v) is 16.7. The van der Waals surface area contributed by atoms with Gasteiger partial charge >= 0.3 is 0 Å². The van der Waals surface area contributed by atoms with Crippen LogP contribution in [0.1, 0.15) is 0 Å². The highest BCUT2D eigenvalue weighted by Gasteiger charge is 2.24. The molecule has 0 amide bonds. The first-order chi connectivity index (χ1) is 14.4. The Hall–Kier alpha value is -3.57.